The predicted octanol–water partition coefficient (Wildman–Crippen LogP) is 3.74. The largest absolute Gasteiger partial charge is 0.352 e. The van der Waals surface area contributed by atoms with E-state index in [2.05, 4.69) is 5.32 Å². The van der Waals surface area contributed by atoms with E-state index in [9.17, 15) is 4.79 Å². The molecule has 0 spiro atoms. The van der Waals surface area contributed by atoms with Crippen LogP contribution in [0.5, 0.6) is 0 Å². The van der Waals surface area contributed by atoms with E-state index in [1.165, 1.54) is 25.7 Å². The molecule has 2 fully saturated rings. The lowest BCUT2D eigenvalue weighted by molar-refractivity contribution is -0.119. The Morgan fingerprint density at radius 3 is 2.32 bits per heavy atom. The van der Waals surface area contributed by atoms with Crippen molar-refractivity contribution in [3.63, 3.8) is 0 Å². The van der Waals surface area contributed by atoms with Crippen molar-refractivity contribution in [3.8, 4) is 0 Å². The average Bonchev–Trinajstić information content (AvgIpc) is 3.29. The lowest BCUT2D eigenvalue weighted by Gasteiger charge is -2.17. The van der Waals surface area contributed by atoms with Gasteiger partial charge in [0, 0.05) is 16.0 Å². The highest BCUT2D eigenvalue weighted by Gasteiger charge is 2.42. The lowest BCUT2D eigenvalue weighted by Crippen LogP contribution is -2.39. The molecule has 2 nitrogen and oxygen atoms in total. The van der Waals surface area contributed by atoms with E-state index < -0.39 is 0 Å². The van der Waals surface area contributed by atoms with Gasteiger partial charge in [0.2, 0.25) is 5.91 Å². The molecule has 2 aliphatic carbocycles. The van der Waals surface area contributed by atoms with Crippen molar-refractivity contribution in [2.24, 2.45) is 11.8 Å². The number of carbonyl (C=O) groups is 1. The molecule has 19 heavy (non-hydrogen) atoms. The Kier molecular flexibility index (Phi) is 4.04. The normalized spacial score (nSPS) is 18.6. The van der Waals surface area contributed by atoms with Crippen molar-refractivity contribution in [1.82, 2.24) is 5.32 Å². The third-order valence-corrected chi connectivity index (χ3v) is 5.03. The maximum absolute atomic E-state index is 12.0. The third-order valence-electron chi connectivity index (χ3n) is 3.77. The number of thioether (sulfide) groups is 1. The molecule has 2 aliphatic rings. The van der Waals surface area contributed by atoms with Gasteiger partial charge in [-0.05, 0) is 61.8 Å². The first kappa shape index (κ1) is 13.3. The Hall–Kier alpha value is -0.670. The van der Waals surface area contributed by atoms with Gasteiger partial charge in [-0.3, -0.25) is 4.79 Å². The van der Waals surface area contributed by atoms with Crippen LogP contribution in [0, 0.1) is 11.8 Å². The van der Waals surface area contributed by atoms with Gasteiger partial charge < -0.3 is 5.32 Å². The van der Waals surface area contributed by atoms with Gasteiger partial charge in [-0.1, -0.05) is 11.6 Å². The summed E-state index contributed by atoms with van der Waals surface area (Å²) in [6.07, 6.45) is 5.19. The molecule has 0 aromatic heterocycles. The first-order valence-corrected chi connectivity index (χ1v) is 8.26. The molecular weight excluding hydrogens is 278 g/mol. The molecule has 0 radical (unpaired) electrons. The zero-order valence-corrected chi connectivity index (χ0v) is 12.3. The molecule has 1 aromatic carbocycles. The summed E-state index contributed by atoms with van der Waals surface area (Å²) >= 11 is 7.41. The van der Waals surface area contributed by atoms with Crippen LogP contribution in [0.2, 0.25) is 5.02 Å². The summed E-state index contributed by atoms with van der Waals surface area (Å²) in [5.74, 6) is 2.19. The van der Waals surface area contributed by atoms with Crippen LogP contribution in [-0.4, -0.2) is 17.7 Å². The summed E-state index contributed by atoms with van der Waals surface area (Å²) in [4.78, 5) is 13.1. The second-order valence-corrected chi connectivity index (χ2v) is 7.00. The van der Waals surface area contributed by atoms with Crippen LogP contribution >= 0.6 is 23.4 Å². The summed E-state index contributed by atoms with van der Waals surface area (Å²) in [6.45, 7) is 0. The van der Waals surface area contributed by atoms with Crippen molar-refractivity contribution in [1.29, 1.82) is 0 Å². The molecule has 102 valence electrons. The highest BCUT2D eigenvalue weighted by atomic mass is 35.5. The first-order chi connectivity index (χ1) is 9.22. The third kappa shape index (κ3) is 3.90. The average molecular weight is 296 g/mol. The molecule has 1 N–H and O–H groups in total. The van der Waals surface area contributed by atoms with Crippen LogP contribution in [0.25, 0.3) is 0 Å². The van der Waals surface area contributed by atoms with Gasteiger partial charge in [0.1, 0.15) is 0 Å². The van der Waals surface area contributed by atoms with Crippen LogP contribution in [0.3, 0.4) is 0 Å². The van der Waals surface area contributed by atoms with Crippen LogP contribution < -0.4 is 5.32 Å². The molecule has 0 atom stereocenters. The highest BCUT2D eigenvalue weighted by molar-refractivity contribution is 8.00. The molecule has 0 saturated heterocycles. The lowest BCUT2D eigenvalue weighted by atomic mass is 10.1. The Bertz CT molecular complexity index is 442. The topological polar surface area (TPSA) is 29.1 Å². The van der Waals surface area contributed by atoms with E-state index in [4.69, 9.17) is 11.6 Å². The number of hydrogen-bond donors (Lipinski definition) is 1. The van der Waals surface area contributed by atoms with Crippen molar-refractivity contribution >= 4 is 29.3 Å². The molecular formula is C15H18ClNOS. The van der Waals surface area contributed by atoms with Gasteiger partial charge in [0.05, 0.1) is 5.75 Å². The first-order valence-electron chi connectivity index (χ1n) is 6.90. The zero-order chi connectivity index (χ0) is 13.2. The summed E-state index contributed by atoms with van der Waals surface area (Å²) in [7, 11) is 0. The van der Waals surface area contributed by atoms with Crippen molar-refractivity contribution in [2.45, 2.75) is 36.6 Å². The van der Waals surface area contributed by atoms with E-state index in [0.717, 1.165) is 21.8 Å². The minimum atomic E-state index is 0.170. The molecule has 1 amide bonds. The standard InChI is InChI=1S/C15H18ClNOS/c16-12-5-7-13(8-6-12)19-9-14(18)17-15(10-1-2-10)11-3-4-11/h5-8,10-11,15H,1-4,9H2,(H,17,18). The van der Waals surface area contributed by atoms with Crippen LogP contribution in [0.1, 0.15) is 25.7 Å². The van der Waals surface area contributed by atoms with Crippen LogP contribution in [0.15, 0.2) is 29.2 Å². The van der Waals surface area contributed by atoms with E-state index >= 15 is 0 Å². The van der Waals surface area contributed by atoms with E-state index in [0.29, 0.717) is 11.8 Å². The minimum absolute atomic E-state index is 0.170. The minimum Gasteiger partial charge on any atom is -0.352 e. The second kappa shape index (κ2) is 5.76. The summed E-state index contributed by atoms with van der Waals surface area (Å²) in [5, 5.41) is 3.97. The Morgan fingerprint density at radius 1 is 1.21 bits per heavy atom. The van der Waals surface area contributed by atoms with Gasteiger partial charge in [0.15, 0.2) is 0 Å². The summed E-state index contributed by atoms with van der Waals surface area (Å²) in [6, 6.07) is 8.09. The fourth-order valence-electron chi connectivity index (χ4n) is 2.44. The second-order valence-electron chi connectivity index (χ2n) is 5.51. The van der Waals surface area contributed by atoms with Gasteiger partial charge in [-0.15, -0.1) is 11.8 Å². The van der Waals surface area contributed by atoms with E-state index in [1.54, 1.807) is 11.8 Å². The molecule has 2 saturated carbocycles. The number of nitrogens with one attached hydrogen (secondary N) is 1. The van der Waals surface area contributed by atoms with Gasteiger partial charge in [-0.25, -0.2) is 0 Å². The molecule has 0 unspecified atom stereocenters. The van der Waals surface area contributed by atoms with Gasteiger partial charge >= 0.3 is 0 Å². The Balaban J connectivity index is 1.46. The smallest absolute Gasteiger partial charge is 0.230 e. The summed E-state index contributed by atoms with van der Waals surface area (Å²) < 4.78 is 0. The summed E-state index contributed by atoms with van der Waals surface area (Å²) in [5.41, 5.74) is 0. The van der Waals surface area contributed by atoms with Crippen molar-refractivity contribution in [2.75, 3.05) is 5.75 Å². The van der Waals surface area contributed by atoms with Crippen LogP contribution in [-0.2, 0) is 4.79 Å². The molecule has 0 aliphatic heterocycles. The monoisotopic (exact) mass is 295 g/mol. The van der Waals surface area contributed by atoms with Crippen LogP contribution in [0.4, 0.5) is 0 Å². The van der Waals surface area contributed by atoms with E-state index in [1.807, 2.05) is 24.3 Å². The molecule has 3 rings (SSSR count). The quantitative estimate of drug-likeness (QED) is 0.810. The number of carbonyl (C=O) groups excluding carboxylic acids is 1. The Morgan fingerprint density at radius 2 is 1.79 bits per heavy atom. The van der Waals surface area contributed by atoms with Gasteiger partial charge in [-0.2, -0.15) is 0 Å². The van der Waals surface area contributed by atoms with Gasteiger partial charge in [0.25, 0.3) is 0 Å². The number of rotatable bonds is 6. The fourth-order valence-corrected chi connectivity index (χ4v) is 3.27. The zero-order valence-electron chi connectivity index (χ0n) is 10.8. The molecule has 1 aromatic rings. The fraction of sp³-hybridized carbons (Fsp3) is 0.533. The number of halogens is 1. The maximum Gasteiger partial charge on any atom is 0.230 e. The van der Waals surface area contributed by atoms with Crippen molar-refractivity contribution < 1.29 is 4.79 Å². The molecule has 0 heterocycles. The predicted molar refractivity (Wildman–Crippen MR) is 79.6 cm³/mol. The van der Waals surface area contributed by atoms with E-state index in [-0.39, 0.29) is 5.91 Å². The van der Waals surface area contributed by atoms with Crippen molar-refractivity contribution in [3.05, 3.63) is 29.3 Å². The SMILES string of the molecule is O=C(CSc1ccc(Cl)cc1)NC(C1CC1)C1CC1. The number of amides is 1. The molecule has 4 heteroatoms. The number of benzene rings is 1. The number of hydrogen-bond acceptors (Lipinski definition) is 2. The highest BCUT2D eigenvalue weighted by Crippen LogP contribution is 2.44. The maximum atomic E-state index is 12.0. The molecule has 0 bridgehead atoms. The Labute approximate surface area is 123 Å².